The molecule has 6 heteroatoms. The Morgan fingerprint density at radius 2 is 2.20 bits per heavy atom. The van der Waals surface area contributed by atoms with Crippen molar-refractivity contribution in [3.8, 4) is 6.07 Å². The lowest BCUT2D eigenvalue weighted by Gasteiger charge is -2.08. The van der Waals surface area contributed by atoms with Gasteiger partial charge in [-0.1, -0.05) is 15.9 Å². The lowest BCUT2D eigenvalue weighted by molar-refractivity contribution is 0.150. The van der Waals surface area contributed by atoms with Crippen molar-refractivity contribution in [2.45, 2.75) is 18.2 Å². The van der Waals surface area contributed by atoms with E-state index in [2.05, 4.69) is 36.8 Å². The maximum Gasteiger partial charge on any atom is 0.265 e. The Morgan fingerprint density at radius 1 is 1.53 bits per heavy atom. The van der Waals surface area contributed by atoms with Crippen molar-refractivity contribution in [2.24, 2.45) is 0 Å². The van der Waals surface area contributed by atoms with E-state index >= 15 is 0 Å². The molecular formula is C9H6Br2F2N2. The molecule has 0 atom stereocenters. The van der Waals surface area contributed by atoms with Crippen molar-refractivity contribution >= 4 is 31.9 Å². The molecule has 2 nitrogen and oxygen atoms in total. The lowest BCUT2D eigenvalue weighted by Crippen LogP contribution is -2.00. The van der Waals surface area contributed by atoms with Gasteiger partial charge >= 0.3 is 0 Å². The van der Waals surface area contributed by atoms with E-state index in [1.54, 1.807) is 0 Å². The number of hydrogen-bond acceptors (Lipinski definition) is 2. The SMILES string of the molecule is N#CCc1cc(C(F)F)c(Br)c(CBr)n1. The van der Waals surface area contributed by atoms with Gasteiger partial charge in [-0.3, -0.25) is 4.98 Å². The predicted molar refractivity (Wildman–Crippen MR) is 58.8 cm³/mol. The van der Waals surface area contributed by atoms with Crippen molar-refractivity contribution in [3.63, 3.8) is 0 Å². The summed E-state index contributed by atoms with van der Waals surface area (Å²) in [6.45, 7) is 0. The average Bonchev–Trinajstić information content (AvgIpc) is 2.20. The van der Waals surface area contributed by atoms with Gasteiger partial charge in [0.1, 0.15) is 0 Å². The Morgan fingerprint density at radius 3 is 2.67 bits per heavy atom. The summed E-state index contributed by atoms with van der Waals surface area (Å²) in [5, 5.41) is 8.85. The van der Waals surface area contributed by atoms with Gasteiger partial charge in [0.2, 0.25) is 0 Å². The number of pyridine rings is 1. The van der Waals surface area contributed by atoms with Crippen molar-refractivity contribution in [3.05, 3.63) is 27.5 Å². The number of nitrogens with zero attached hydrogens (tertiary/aromatic N) is 2. The van der Waals surface area contributed by atoms with Crippen molar-refractivity contribution in [1.29, 1.82) is 5.26 Å². The molecule has 0 bridgehead atoms. The van der Waals surface area contributed by atoms with Gasteiger partial charge in [-0.25, -0.2) is 8.78 Å². The number of alkyl halides is 3. The lowest BCUT2D eigenvalue weighted by atomic mass is 10.2. The molecule has 0 fully saturated rings. The fraction of sp³-hybridized carbons (Fsp3) is 0.333. The summed E-state index contributed by atoms with van der Waals surface area (Å²) in [4.78, 5) is 4.07. The minimum Gasteiger partial charge on any atom is -0.255 e. The van der Waals surface area contributed by atoms with Crippen LogP contribution in [0.4, 0.5) is 8.78 Å². The maximum atomic E-state index is 12.6. The number of halogens is 4. The third-order valence-electron chi connectivity index (χ3n) is 1.73. The Kier molecular flexibility index (Phi) is 4.61. The van der Waals surface area contributed by atoms with E-state index in [4.69, 9.17) is 5.26 Å². The monoisotopic (exact) mass is 338 g/mol. The Balaban J connectivity index is 3.26. The van der Waals surface area contributed by atoms with Crippen LogP contribution >= 0.6 is 31.9 Å². The Hall–Kier alpha value is -0.540. The summed E-state index contributed by atoms with van der Waals surface area (Å²) in [5.41, 5.74) is 0.730. The van der Waals surface area contributed by atoms with Crippen molar-refractivity contribution < 1.29 is 8.78 Å². The van der Waals surface area contributed by atoms with Gasteiger partial charge < -0.3 is 0 Å². The van der Waals surface area contributed by atoms with Crippen LogP contribution in [-0.4, -0.2) is 4.98 Å². The molecule has 0 saturated heterocycles. The minimum absolute atomic E-state index is 0.0347. The molecule has 0 amide bonds. The molecule has 1 rings (SSSR count). The van der Waals surface area contributed by atoms with Gasteiger partial charge in [0.25, 0.3) is 6.43 Å². The zero-order valence-electron chi connectivity index (χ0n) is 7.48. The van der Waals surface area contributed by atoms with Crippen LogP contribution in [0.5, 0.6) is 0 Å². The smallest absolute Gasteiger partial charge is 0.255 e. The molecule has 0 unspecified atom stereocenters. The fourth-order valence-electron chi connectivity index (χ4n) is 1.08. The molecule has 0 spiro atoms. The molecule has 0 N–H and O–H groups in total. The quantitative estimate of drug-likeness (QED) is 0.786. The normalized spacial score (nSPS) is 10.4. The molecule has 0 aromatic carbocycles. The number of aromatic nitrogens is 1. The maximum absolute atomic E-state index is 12.6. The van der Waals surface area contributed by atoms with E-state index in [0.29, 0.717) is 21.2 Å². The fourth-order valence-corrected chi connectivity index (χ4v) is 2.38. The van der Waals surface area contributed by atoms with Crippen LogP contribution in [0.1, 0.15) is 23.4 Å². The van der Waals surface area contributed by atoms with Gasteiger partial charge in [-0.15, -0.1) is 0 Å². The highest BCUT2D eigenvalue weighted by molar-refractivity contribution is 9.10. The van der Waals surface area contributed by atoms with E-state index in [1.165, 1.54) is 6.07 Å². The minimum atomic E-state index is -2.57. The Labute approximate surface area is 103 Å². The van der Waals surface area contributed by atoms with E-state index < -0.39 is 6.43 Å². The van der Waals surface area contributed by atoms with Gasteiger partial charge in [-0.2, -0.15) is 5.26 Å². The average molecular weight is 340 g/mol. The summed E-state index contributed by atoms with van der Waals surface area (Å²) in [6.07, 6.45) is -2.54. The highest BCUT2D eigenvalue weighted by atomic mass is 79.9. The molecule has 0 aliphatic rings. The first-order valence-electron chi connectivity index (χ1n) is 3.99. The molecule has 80 valence electrons. The topological polar surface area (TPSA) is 36.7 Å². The van der Waals surface area contributed by atoms with Gasteiger partial charge in [0.05, 0.1) is 23.9 Å². The van der Waals surface area contributed by atoms with Crippen molar-refractivity contribution in [2.75, 3.05) is 0 Å². The highest BCUT2D eigenvalue weighted by Crippen LogP contribution is 2.31. The van der Waals surface area contributed by atoms with E-state index in [1.807, 2.05) is 6.07 Å². The molecule has 1 aromatic heterocycles. The van der Waals surface area contributed by atoms with E-state index in [-0.39, 0.29) is 12.0 Å². The van der Waals surface area contributed by atoms with E-state index in [9.17, 15) is 8.78 Å². The van der Waals surface area contributed by atoms with Crippen molar-refractivity contribution in [1.82, 2.24) is 4.98 Å². The molecule has 1 heterocycles. The van der Waals surface area contributed by atoms with Crippen LogP contribution in [-0.2, 0) is 11.8 Å². The van der Waals surface area contributed by atoms with E-state index in [0.717, 1.165) is 0 Å². The second-order valence-electron chi connectivity index (χ2n) is 2.73. The van der Waals surface area contributed by atoms with Gasteiger partial charge in [0, 0.05) is 15.4 Å². The summed E-state index contributed by atoms with van der Waals surface area (Å²) >= 11 is 6.23. The summed E-state index contributed by atoms with van der Waals surface area (Å²) in [5.74, 6) is 0. The summed E-state index contributed by atoms with van der Waals surface area (Å²) in [7, 11) is 0. The molecule has 0 aliphatic carbocycles. The summed E-state index contributed by atoms with van der Waals surface area (Å²) in [6, 6.07) is 3.14. The number of nitriles is 1. The molecule has 0 aliphatic heterocycles. The molecule has 0 radical (unpaired) electrons. The van der Waals surface area contributed by atoms with Crippen LogP contribution in [0.25, 0.3) is 0 Å². The molecule has 15 heavy (non-hydrogen) atoms. The molecular weight excluding hydrogens is 334 g/mol. The third-order valence-corrected chi connectivity index (χ3v) is 3.18. The van der Waals surface area contributed by atoms with Crippen LogP contribution in [0, 0.1) is 11.3 Å². The van der Waals surface area contributed by atoms with Crippen LogP contribution in [0.15, 0.2) is 10.5 Å². The molecule has 1 aromatic rings. The Bertz CT molecular complexity index is 402. The number of rotatable bonds is 3. The van der Waals surface area contributed by atoms with Gasteiger partial charge in [0.15, 0.2) is 0 Å². The third kappa shape index (κ3) is 2.95. The largest absolute Gasteiger partial charge is 0.265 e. The highest BCUT2D eigenvalue weighted by Gasteiger charge is 2.16. The zero-order valence-corrected chi connectivity index (χ0v) is 10.6. The standard InChI is InChI=1S/C9H6Br2F2N2/c10-4-7-8(11)6(9(12)13)3-5(15-7)1-2-14/h3,9H,1,4H2. The summed E-state index contributed by atoms with van der Waals surface area (Å²) < 4.78 is 25.5. The van der Waals surface area contributed by atoms with Crippen LogP contribution in [0.2, 0.25) is 0 Å². The van der Waals surface area contributed by atoms with Crippen LogP contribution < -0.4 is 0 Å². The first kappa shape index (κ1) is 12.5. The van der Waals surface area contributed by atoms with Gasteiger partial charge in [-0.05, 0) is 22.0 Å². The number of hydrogen-bond donors (Lipinski definition) is 0. The first-order valence-corrected chi connectivity index (χ1v) is 5.90. The second kappa shape index (κ2) is 5.52. The molecule has 0 saturated carbocycles. The predicted octanol–water partition coefficient (Wildman–Crippen LogP) is 3.74. The first-order chi connectivity index (χ1) is 7.10. The zero-order chi connectivity index (χ0) is 11.4. The van der Waals surface area contributed by atoms with Crippen LogP contribution in [0.3, 0.4) is 0 Å². The second-order valence-corrected chi connectivity index (χ2v) is 4.09.